The maximum absolute atomic E-state index is 14.2. The second-order valence-corrected chi connectivity index (χ2v) is 5.81. The summed E-state index contributed by atoms with van der Waals surface area (Å²) in [6, 6.07) is 10.2. The van der Waals surface area contributed by atoms with Crippen LogP contribution in [-0.2, 0) is 6.42 Å². The highest BCUT2D eigenvalue weighted by molar-refractivity contribution is 6.00. The van der Waals surface area contributed by atoms with Crippen LogP contribution in [-0.4, -0.2) is 15.6 Å². The lowest BCUT2D eigenvalue weighted by Crippen LogP contribution is -2.20. The minimum absolute atomic E-state index is 0.0349. The quantitative estimate of drug-likeness (QED) is 0.723. The number of carbonyl (C=O) groups excluding carboxylic acids is 1. The molecule has 3 aromatic rings. The number of fused-ring (bicyclic) bond motifs is 1. The van der Waals surface area contributed by atoms with Gasteiger partial charge in [0.1, 0.15) is 17.3 Å². The first-order valence-corrected chi connectivity index (χ1v) is 7.55. The van der Waals surface area contributed by atoms with Crippen LogP contribution in [0.4, 0.5) is 4.39 Å². The zero-order valence-electron chi connectivity index (χ0n) is 12.6. The summed E-state index contributed by atoms with van der Waals surface area (Å²) >= 11 is 0. The molecule has 0 bridgehead atoms. The van der Waals surface area contributed by atoms with Crippen LogP contribution < -0.4 is 0 Å². The van der Waals surface area contributed by atoms with Crippen LogP contribution >= 0.6 is 0 Å². The summed E-state index contributed by atoms with van der Waals surface area (Å²) in [5.74, 6) is 0.424. The SMILES string of the molecule is Cc1nn(-c2ccccc2F)c2c1C(=O)C[C@@H](c1ccco1)C2. The van der Waals surface area contributed by atoms with Crippen molar-refractivity contribution in [3.63, 3.8) is 0 Å². The Morgan fingerprint density at radius 3 is 2.78 bits per heavy atom. The number of aryl methyl sites for hydroxylation is 1. The Balaban J connectivity index is 1.85. The zero-order chi connectivity index (χ0) is 16.0. The van der Waals surface area contributed by atoms with Crippen molar-refractivity contribution in [2.45, 2.75) is 25.7 Å². The van der Waals surface area contributed by atoms with Crippen LogP contribution in [0, 0.1) is 12.7 Å². The second kappa shape index (κ2) is 5.19. The van der Waals surface area contributed by atoms with E-state index in [4.69, 9.17) is 4.42 Å². The molecule has 1 aromatic carbocycles. The van der Waals surface area contributed by atoms with Gasteiger partial charge < -0.3 is 4.42 Å². The summed E-state index contributed by atoms with van der Waals surface area (Å²) < 4.78 is 21.2. The molecule has 1 atom stereocenters. The minimum atomic E-state index is -0.356. The molecule has 4 rings (SSSR count). The van der Waals surface area contributed by atoms with Crippen molar-refractivity contribution in [2.75, 3.05) is 0 Å². The Kier molecular flexibility index (Phi) is 3.15. The zero-order valence-corrected chi connectivity index (χ0v) is 12.6. The van der Waals surface area contributed by atoms with Crippen LogP contribution in [0.3, 0.4) is 0 Å². The number of carbonyl (C=O) groups is 1. The maximum atomic E-state index is 14.2. The standard InChI is InChI=1S/C18H15FN2O2/c1-11-18-15(21(20-11)14-6-3-2-5-13(14)19)9-12(10-16(18)22)17-7-4-8-23-17/h2-8,12H,9-10H2,1H3/t12-/m0/s1. The third-order valence-electron chi connectivity index (χ3n) is 4.33. The van der Waals surface area contributed by atoms with Crippen LogP contribution in [0.25, 0.3) is 5.69 Å². The summed E-state index contributed by atoms with van der Waals surface area (Å²) in [7, 11) is 0. The molecule has 23 heavy (non-hydrogen) atoms. The van der Waals surface area contributed by atoms with Gasteiger partial charge in [-0.3, -0.25) is 4.79 Å². The number of halogens is 1. The number of Topliss-reactive ketones (excluding diaryl/α,β-unsaturated/α-hetero) is 1. The molecule has 0 N–H and O–H groups in total. The van der Waals surface area contributed by atoms with Gasteiger partial charge in [-0.15, -0.1) is 0 Å². The van der Waals surface area contributed by atoms with Gasteiger partial charge in [-0.25, -0.2) is 9.07 Å². The van der Waals surface area contributed by atoms with Gasteiger partial charge in [0.15, 0.2) is 5.78 Å². The molecule has 4 nitrogen and oxygen atoms in total. The second-order valence-electron chi connectivity index (χ2n) is 5.81. The van der Waals surface area contributed by atoms with E-state index in [1.54, 1.807) is 36.1 Å². The molecule has 0 aliphatic heterocycles. The molecule has 5 heteroatoms. The monoisotopic (exact) mass is 310 g/mol. The molecule has 0 unspecified atom stereocenters. The lowest BCUT2D eigenvalue weighted by Gasteiger charge is -2.21. The fourth-order valence-electron chi connectivity index (χ4n) is 3.31. The van der Waals surface area contributed by atoms with Crippen LogP contribution in [0.2, 0.25) is 0 Å². The highest BCUT2D eigenvalue weighted by Crippen LogP contribution is 2.35. The molecule has 0 fully saturated rings. The smallest absolute Gasteiger partial charge is 0.167 e. The molecule has 2 heterocycles. The number of aromatic nitrogens is 2. The van der Waals surface area contributed by atoms with Crippen molar-refractivity contribution >= 4 is 5.78 Å². The Bertz CT molecular complexity index is 881. The van der Waals surface area contributed by atoms with Gasteiger partial charge in [-0.1, -0.05) is 12.1 Å². The lowest BCUT2D eigenvalue weighted by molar-refractivity contribution is 0.0959. The van der Waals surface area contributed by atoms with E-state index in [1.807, 2.05) is 12.1 Å². The molecule has 0 saturated heterocycles. The molecule has 0 amide bonds. The Hall–Kier alpha value is -2.69. The maximum Gasteiger partial charge on any atom is 0.167 e. The Morgan fingerprint density at radius 1 is 1.22 bits per heavy atom. The third-order valence-corrected chi connectivity index (χ3v) is 4.33. The highest BCUT2D eigenvalue weighted by atomic mass is 19.1. The van der Waals surface area contributed by atoms with Crippen molar-refractivity contribution < 1.29 is 13.6 Å². The van der Waals surface area contributed by atoms with Gasteiger partial charge in [0.05, 0.1) is 23.2 Å². The Morgan fingerprint density at radius 2 is 2.04 bits per heavy atom. The van der Waals surface area contributed by atoms with Gasteiger partial charge in [-0.2, -0.15) is 5.10 Å². The number of hydrogen-bond acceptors (Lipinski definition) is 3. The molecule has 0 radical (unpaired) electrons. The molecule has 116 valence electrons. The van der Waals surface area contributed by atoms with Crippen LogP contribution in [0.5, 0.6) is 0 Å². The number of ketones is 1. The molecule has 0 saturated carbocycles. The van der Waals surface area contributed by atoms with E-state index in [0.717, 1.165) is 11.5 Å². The van der Waals surface area contributed by atoms with E-state index in [0.29, 0.717) is 29.8 Å². The average molecular weight is 310 g/mol. The topological polar surface area (TPSA) is 48.0 Å². The first-order valence-electron chi connectivity index (χ1n) is 7.55. The first kappa shape index (κ1) is 13.9. The number of benzene rings is 1. The van der Waals surface area contributed by atoms with E-state index >= 15 is 0 Å². The predicted molar refractivity (Wildman–Crippen MR) is 82.4 cm³/mol. The van der Waals surface area contributed by atoms with E-state index < -0.39 is 0 Å². The van der Waals surface area contributed by atoms with Gasteiger partial charge in [0, 0.05) is 18.8 Å². The molecule has 0 spiro atoms. The van der Waals surface area contributed by atoms with Gasteiger partial charge in [0.2, 0.25) is 0 Å². The van der Waals surface area contributed by atoms with Crippen LogP contribution in [0.15, 0.2) is 47.1 Å². The number of para-hydroxylation sites is 1. The Labute approximate surface area is 132 Å². The number of furan rings is 1. The summed E-state index contributed by atoms with van der Waals surface area (Å²) in [5.41, 5.74) is 2.39. The van der Waals surface area contributed by atoms with Crippen molar-refractivity contribution in [3.8, 4) is 5.69 Å². The van der Waals surface area contributed by atoms with Crippen LogP contribution in [0.1, 0.15) is 39.8 Å². The van der Waals surface area contributed by atoms with Crippen molar-refractivity contribution in [3.05, 3.63) is 71.2 Å². The fraction of sp³-hybridized carbons (Fsp3) is 0.222. The molecule has 1 aliphatic rings. The van der Waals surface area contributed by atoms with Gasteiger partial charge in [0.25, 0.3) is 0 Å². The summed E-state index contributed by atoms with van der Waals surface area (Å²) in [6.07, 6.45) is 2.60. The molecule has 1 aliphatic carbocycles. The van der Waals surface area contributed by atoms with Crippen molar-refractivity contribution in [1.82, 2.24) is 9.78 Å². The van der Waals surface area contributed by atoms with E-state index in [1.165, 1.54) is 6.07 Å². The van der Waals surface area contributed by atoms with E-state index in [2.05, 4.69) is 5.10 Å². The van der Waals surface area contributed by atoms with E-state index in [-0.39, 0.29) is 17.5 Å². The number of hydrogen-bond donors (Lipinski definition) is 0. The summed E-state index contributed by atoms with van der Waals surface area (Å²) in [6.45, 7) is 1.79. The molecular formula is C18H15FN2O2. The minimum Gasteiger partial charge on any atom is -0.469 e. The predicted octanol–water partition coefficient (Wildman–Crippen LogP) is 3.83. The fourth-order valence-corrected chi connectivity index (χ4v) is 3.31. The summed E-state index contributed by atoms with van der Waals surface area (Å²) in [4.78, 5) is 12.6. The van der Waals surface area contributed by atoms with Crippen molar-refractivity contribution in [1.29, 1.82) is 0 Å². The van der Waals surface area contributed by atoms with E-state index in [9.17, 15) is 9.18 Å². The number of rotatable bonds is 2. The summed E-state index contributed by atoms with van der Waals surface area (Å²) in [5, 5.41) is 4.41. The number of nitrogens with zero attached hydrogens (tertiary/aromatic N) is 2. The van der Waals surface area contributed by atoms with Gasteiger partial charge >= 0.3 is 0 Å². The van der Waals surface area contributed by atoms with Crippen molar-refractivity contribution in [2.24, 2.45) is 0 Å². The largest absolute Gasteiger partial charge is 0.469 e. The highest BCUT2D eigenvalue weighted by Gasteiger charge is 2.33. The van der Waals surface area contributed by atoms with Gasteiger partial charge in [-0.05, 0) is 31.2 Å². The lowest BCUT2D eigenvalue weighted by atomic mass is 9.84. The first-order chi connectivity index (χ1) is 11.1. The third kappa shape index (κ3) is 2.20. The normalized spacial score (nSPS) is 17.3. The molecular weight excluding hydrogens is 295 g/mol. The average Bonchev–Trinajstić information content (AvgIpc) is 3.16. The molecule has 2 aromatic heterocycles.